The normalized spacial score (nSPS) is 25.1. The van der Waals surface area contributed by atoms with Gasteiger partial charge in [-0.15, -0.1) is 11.6 Å². The van der Waals surface area contributed by atoms with Gasteiger partial charge in [0, 0.05) is 23.8 Å². The van der Waals surface area contributed by atoms with E-state index in [4.69, 9.17) is 27.9 Å². The van der Waals surface area contributed by atoms with Crippen LogP contribution in [0.1, 0.15) is 6.92 Å². The van der Waals surface area contributed by atoms with Crippen molar-refractivity contribution in [1.82, 2.24) is 4.98 Å². The van der Waals surface area contributed by atoms with Crippen LogP contribution in [0.4, 0.5) is 5.82 Å². The quantitative estimate of drug-likeness (QED) is 0.773. The minimum Gasteiger partial charge on any atom is -0.370 e. The lowest BCUT2D eigenvalue weighted by molar-refractivity contribution is -0.00356. The molecule has 0 amide bonds. The molecule has 1 aromatic rings. The molecule has 1 aromatic heterocycles. The van der Waals surface area contributed by atoms with Crippen LogP contribution in [0.15, 0.2) is 16.7 Å². The number of rotatable bonds is 2. The van der Waals surface area contributed by atoms with E-state index < -0.39 is 0 Å². The number of ether oxygens (including phenoxy) is 1. The summed E-state index contributed by atoms with van der Waals surface area (Å²) in [5.41, 5.74) is 0. The summed E-state index contributed by atoms with van der Waals surface area (Å²) >= 11 is 15.4. The molecule has 6 heteroatoms. The highest BCUT2D eigenvalue weighted by molar-refractivity contribution is 9.10. The molecule has 1 aliphatic heterocycles. The zero-order valence-corrected chi connectivity index (χ0v) is 12.5. The molecule has 0 aliphatic carbocycles. The standard InChI is InChI=1S/C11H13BrCl2N2O/c1-7-5-16(6-9(3-13)17-7)11-10(14)2-8(12)4-15-11/h2,4,7,9H,3,5-6H2,1H3. The second-order valence-corrected chi connectivity index (χ2v) is 5.72. The smallest absolute Gasteiger partial charge is 0.147 e. The third-order valence-electron chi connectivity index (χ3n) is 2.59. The monoisotopic (exact) mass is 338 g/mol. The van der Waals surface area contributed by atoms with Gasteiger partial charge in [-0.2, -0.15) is 0 Å². The van der Waals surface area contributed by atoms with E-state index in [0.29, 0.717) is 10.9 Å². The molecular formula is C11H13BrCl2N2O. The Kier molecular flexibility index (Phi) is 4.53. The molecular weight excluding hydrogens is 327 g/mol. The molecule has 1 saturated heterocycles. The SMILES string of the molecule is CC1CN(c2ncc(Br)cc2Cl)CC(CCl)O1. The van der Waals surface area contributed by atoms with Crippen LogP contribution in [0, 0.1) is 0 Å². The predicted octanol–water partition coefficient (Wildman–Crippen LogP) is 3.33. The van der Waals surface area contributed by atoms with Gasteiger partial charge in [0.25, 0.3) is 0 Å². The van der Waals surface area contributed by atoms with Gasteiger partial charge in [0.1, 0.15) is 5.82 Å². The van der Waals surface area contributed by atoms with Crippen molar-refractivity contribution >= 4 is 44.9 Å². The minimum absolute atomic E-state index is 0.0296. The summed E-state index contributed by atoms with van der Waals surface area (Å²) in [5.74, 6) is 1.27. The van der Waals surface area contributed by atoms with Crippen LogP contribution in [0.25, 0.3) is 0 Å². The Labute approximate surface area is 119 Å². The van der Waals surface area contributed by atoms with Crippen molar-refractivity contribution in [1.29, 1.82) is 0 Å². The summed E-state index contributed by atoms with van der Waals surface area (Å²) in [5, 5.41) is 0.641. The van der Waals surface area contributed by atoms with Crippen LogP contribution in [-0.4, -0.2) is 36.2 Å². The number of hydrogen-bond donors (Lipinski definition) is 0. The molecule has 2 atom stereocenters. The lowest BCUT2D eigenvalue weighted by atomic mass is 10.2. The third kappa shape index (κ3) is 3.25. The van der Waals surface area contributed by atoms with E-state index in [1.54, 1.807) is 6.20 Å². The lowest BCUT2D eigenvalue weighted by Gasteiger charge is -2.37. The number of hydrogen-bond acceptors (Lipinski definition) is 3. The van der Waals surface area contributed by atoms with Crippen molar-refractivity contribution < 1.29 is 4.74 Å². The zero-order valence-electron chi connectivity index (χ0n) is 9.37. The Morgan fingerprint density at radius 1 is 1.59 bits per heavy atom. The first-order chi connectivity index (χ1) is 8.10. The van der Waals surface area contributed by atoms with E-state index in [0.717, 1.165) is 23.4 Å². The molecule has 0 bridgehead atoms. The van der Waals surface area contributed by atoms with Gasteiger partial charge in [0.15, 0.2) is 0 Å². The van der Waals surface area contributed by atoms with Crippen LogP contribution in [0.5, 0.6) is 0 Å². The number of morpholine rings is 1. The van der Waals surface area contributed by atoms with Gasteiger partial charge in [-0.25, -0.2) is 4.98 Å². The number of aromatic nitrogens is 1. The van der Waals surface area contributed by atoms with E-state index in [1.165, 1.54) is 0 Å². The van der Waals surface area contributed by atoms with Gasteiger partial charge in [0.2, 0.25) is 0 Å². The van der Waals surface area contributed by atoms with E-state index >= 15 is 0 Å². The number of nitrogens with zero attached hydrogens (tertiary/aromatic N) is 2. The number of alkyl halides is 1. The average Bonchev–Trinajstić information content (AvgIpc) is 2.28. The van der Waals surface area contributed by atoms with Crippen molar-refractivity contribution in [2.75, 3.05) is 23.9 Å². The van der Waals surface area contributed by atoms with Gasteiger partial charge in [-0.3, -0.25) is 0 Å². The van der Waals surface area contributed by atoms with E-state index in [-0.39, 0.29) is 12.2 Å². The van der Waals surface area contributed by atoms with Gasteiger partial charge in [0.05, 0.1) is 23.1 Å². The fraction of sp³-hybridized carbons (Fsp3) is 0.545. The van der Waals surface area contributed by atoms with Crippen LogP contribution in [-0.2, 0) is 4.74 Å². The van der Waals surface area contributed by atoms with Gasteiger partial charge in [-0.05, 0) is 28.9 Å². The summed E-state index contributed by atoms with van der Waals surface area (Å²) < 4.78 is 6.57. The second-order valence-electron chi connectivity index (χ2n) is 4.09. The average molecular weight is 340 g/mol. The predicted molar refractivity (Wildman–Crippen MR) is 74.2 cm³/mol. The molecule has 0 N–H and O–H groups in total. The van der Waals surface area contributed by atoms with E-state index in [1.807, 2.05) is 13.0 Å². The molecule has 1 fully saturated rings. The van der Waals surface area contributed by atoms with Crippen LogP contribution >= 0.6 is 39.1 Å². The summed E-state index contributed by atoms with van der Waals surface area (Å²) in [6.07, 6.45) is 1.91. The van der Waals surface area contributed by atoms with Crippen molar-refractivity contribution in [3.05, 3.63) is 21.8 Å². The van der Waals surface area contributed by atoms with Crippen molar-refractivity contribution in [3.8, 4) is 0 Å². The highest BCUT2D eigenvalue weighted by Crippen LogP contribution is 2.28. The first-order valence-corrected chi connectivity index (χ1v) is 7.08. The Morgan fingerprint density at radius 2 is 2.35 bits per heavy atom. The summed E-state index contributed by atoms with van der Waals surface area (Å²) in [6.45, 7) is 3.53. The molecule has 2 unspecified atom stereocenters. The molecule has 1 aliphatic rings. The molecule has 3 nitrogen and oxygen atoms in total. The molecule has 0 radical (unpaired) electrons. The largest absolute Gasteiger partial charge is 0.370 e. The Balaban J connectivity index is 2.20. The van der Waals surface area contributed by atoms with Gasteiger partial charge < -0.3 is 9.64 Å². The van der Waals surface area contributed by atoms with Crippen LogP contribution in [0.3, 0.4) is 0 Å². The molecule has 0 saturated carbocycles. The van der Waals surface area contributed by atoms with Crippen LogP contribution in [0.2, 0.25) is 5.02 Å². The molecule has 2 rings (SSSR count). The first kappa shape index (κ1) is 13.4. The summed E-state index contributed by atoms with van der Waals surface area (Å²) in [6, 6.07) is 1.85. The zero-order chi connectivity index (χ0) is 12.4. The maximum Gasteiger partial charge on any atom is 0.147 e. The van der Waals surface area contributed by atoms with Gasteiger partial charge >= 0.3 is 0 Å². The van der Waals surface area contributed by atoms with E-state index in [2.05, 4.69) is 25.8 Å². The lowest BCUT2D eigenvalue weighted by Crippen LogP contribution is -2.47. The molecule has 94 valence electrons. The van der Waals surface area contributed by atoms with Crippen molar-refractivity contribution in [2.24, 2.45) is 0 Å². The van der Waals surface area contributed by atoms with Crippen LogP contribution < -0.4 is 4.90 Å². The fourth-order valence-electron chi connectivity index (χ4n) is 1.94. The summed E-state index contributed by atoms with van der Waals surface area (Å²) in [4.78, 5) is 6.47. The molecule has 17 heavy (non-hydrogen) atoms. The fourth-order valence-corrected chi connectivity index (χ4v) is 2.86. The maximum atomic E-state index is 6.19. The second kappa shape index (κ2) is 5.74. The number of anilines is 1. The molecule has 0 spiro atoms. The number of pyridine rings is 1. The van der Waals surface area contributed by atoms with Gasteiger partial charge in [-0.1, -0.05) is 11.6 Å². The summed E-state index contributed by atoms with van der Waals surface area (Å²) in [7, 11) is 0. The Hall–Kier alpha value is -0.0300. The minimum atomic E-state index is 0.0296. The van der Waals surface area contributed by atoms with E-state index in [9.17, 15) is 0 Å². The maximum absolute atomic E-state index is 6.19. The first-order valence-electron chi connectivity index (χ1n) is 5.37. The highest BCUT2D eigenvalue weighted by atomic mass is 79.9. The Morgan fingerprint density at radius 3 is 3.00 bits per heavy atom. The van der Waals surface area contributed by atoms with Crippen molar-refractivity contribution in [2.45, 2.75) is 19.1 Å². The third-order valence-corrected chi connectivity index (χ3v) is 3.64. The number of halogens is 3. The molecule has 0 aromatic carbocycles. The van der Waals surface area contributed by atoms with Crippen molar-refractivity contribution in [3.63, 3.8) is 0 Å². The Bertz CT molecular complexity index is 405. The topological polar surface area (TPSA) is 25.4 Å². The molecule has 2 heterocycles. The highest BCUT2D eigenvalue weighted by Gasteiger charge is 2.26.